The van der Waals surface area contributed by atoms with Crippen molar-refractivity contribution >= 4 is 5.69 Å². The second kappa shape index (κ2) is 15.3. The van der Waals surface area contributed by atoms with Gasteiger partial charge in [-0.15, -0.1) is 0 Å². The van der Waals surface area contributed by atoms with Gasteiger partial charge in [-0.1, -0.05) is 39.5 Å². The molecule has 0 saturated heterocycles. The molecule has 1 heterocycles. The Kier molecular flexibility index (Phi) is 13.5. The van der Waals surface area contributed by atoms with Crippen LogP contribution in [0.15, 0.2) is 29.2 Å². The Labute approximate surface area is 181 Å². The number of benzene rings is 1. The maximum absolute atomic E-state index is 11.5. The number of aryl methyl sites for hydroxylation is 1. The fraction of sp³-hybridized carbons (Fsp3) is 0.429. The van der Waals surface area contributed by atoms with Gasteiger partial charge < -0.3 is 23.9 Å². The summed E-state index contributed by atoms with van der Waals surface area (Å²) < 4.78 is 17.2. The number of hydrogen-bond acceptors (Lipinski definition) is 8. The van der Waals surface area contributed by atoms with E-state index >= 15 is 0 Å². The van der Waals surface area contributed by atoms with Crippen molar-refractivity contribution in [1.82, 2.24) is 9.55 Å². The van der Waals surface area contributed by atoms with Gasteiger partial charge in [-0.25, -0.2) is 4.79 Å². The molecule has 2 aromatic rings. The summed E-state index contributed by atoms with van der Waals surface area (Å²) in [7, 11) is 2.93. The van der Waals surface area contributed by atoms with Crippen molar-refractivity contribution < 1.29 is 24.2 Å². The van der Waals surface area contributed by atoms with Gasteiger partial charge in [0.2, 0.25) is 5.88 Å². The van der Waals surface area contributed by atoms with Crippen LogP contribution in [0.5, 0.6) is 17.4 Å². The number of aliphatic hydroxyl groups excluding tert-OH is 1. The highest BCUT2D eigenvalue weighted by atomic mass is 16.6. The minimum Gasteiger partial charge on any atom is -0.493 e. The number of rotatable bonds is 7. The van der Waals surface area contributed by atoms with Crippen molar-refractivity contribution in [3.63, 3.8) is 0 Å². The van der Waals surface area contributed by atoms with Crippen LogP contribution < -0.4 is 19.9 Å². The highest BCUT2D eigenvalue weighted by Crippen LogP contribution is 2.35. The van der Waals surface area contributed by atoms with Crippen LogP contribution in [0.4, 0.5) is 5.69 Å². The number of nitrogens with zero attached hydrogens (tertiary/aromatic N) is 3. The first-order chi connectivity index (χ1) is 15.0. The van der Waals surface area contributed by atoms with Gasteiger partial charge in [-0.05, 0) is 6.07 Å². The SMILES string of the molecule is CC.CC.COc1cc(COc2ccn(C)c(=O)n2)c([N+](=O)[O-])cc1OCC#CCO. The lowest BCUT2D eigenvalue weighted by atomic mass is 10.1. The minimum absolute atomic E-state index is 0.0472. The van der Waals surface area contributed by atoms with Gasteiger partial charge in [0, 0.05) is 19.3 Å². The Hall–Kier alpha value is -3.58. The minimum atomic E-state index is -0.582. The smallest absolute Gasteiger partial charge is 0.350 e. The predicted octanol–water partition coefficient (Wildman–Crippen LogP) is 2.70. The standard InChI is InChI=1S/C17H17N3O7.2C2H6/c1-19-6-5-16(18-17(19)22)27-11-12-9-14(25-2)15(10-13(12)20(23)24)26-8-4-3-7-21;2*1-2/h5-6,9-10,21H,7-8,11H2,1-2H3;2*1-2H3. The van der Waals surface area contributed by atoms with E-state index in [4.69, 9.17) is 19.3 Å². The normalized spacial score (nSPS) is 9.00. The summed E-state index contributed by atoms with van der Waals surface area (Å²) in [6.45, 7) is 7.42. The molecule has 0 aliphatic rings. The summed E-state index contributed by atoms with van der Waals surface area (Å²) >= 11 is 0. The molecule has 2 rings (SSSR count). The van der Waals surface area contributed by atoms with Crippen molar-refractivity contribution in [2.24, 2.45) is 7.05 Å². The molecule has 1 aromatic heterocycles. The number of aliphatic hydroxyl groups is 1. The zero-order chi connectivity index (χ0) is 23.8. The molecule has 0 amide bonds. The van der Waals surface area contributed by atoms with Crippen LogP contribution in [0.3, 0.4) is 0 Å². The third kappa shape index (κ3) is 8.76. The number of aromatic nitrogens is 2. The molecule has 10 nitrogen and oxygen atoms in total. The molecular formula is C21H29N3O7. The van der Waals surface area contributed by atoms with E-state index in [9.17, 15) is 14.9 Å². The third-order valence-corrected chi connectivity index (χ3v) is 3.39. The molecule has 0 atom stereocenters. The van der Waals surface area contributed by atoms with Gasteiger partial charge in [-0.2, -0.15) is 4.98 Å². The molecular weight excluding hydrogens is 406 g/mol. The number of ether oxygens (including phenoxy) is 3. The summed E-state index contributed by atoms with van der Waals surface area (Å²) in [5, 5.41) is 20.0. The lowest BCUT2D eigenvalue weighted by Crippen LogP contribution is -2.19. The molecule has 0 unspecified atom stereocenters. The van der Waals surface area contributed by atoms with Gasteiger partial charge in [0.25, 0.3) is 5.69 Å². The van der Waals surface area contributed by atoms with Crippen LogP contribution in [-0.2, 0) is 13.7 Å². The first-order valence-electron chi connectivity index (χ1n) is 9.67. The second-order valence-electron chi connectivity index (χ2n) is 5.14. The number of methoxy groups -OCH3 is 1. The van der Waals surface area contributed by atoms with Crippen LogP contribution in [0.25, 0.3) is 0 Å². The number of nitro groups is 1. The molecule has 0 spiro atoms. The second-order valence-corrected chi connectivity index (χ2v) is 5.14. The topological polar surface area (TPSA) is 126 Å². The van der Waals surface area contributed by atoms with Crippen molar-refractivity contribution in [3.05, 3.63) is 50.6 Å². The van der Waals surface area contributed by atoms with E-state index in [-0.39, 0.29) is 48.5 Å². The third-order valence-electron chi connectivity index (χ3n) is 3.39. The molecule has 31 heavy (non-hydrogen) atoms. The zero-order valence-electron chi connectivity index (χ0n) is 18.7. The Morgan fingerprint density at radius 2 is 1.84 bits per heavy atom. The molecule has 0 saturated carbocycles. The molecule has 170 valence electrons. The first-order valence-corrected chi connectivity index (χ1v) is 9.67. The molecule has 1 aromatic carbocycles. The fourth-order valence-corrected chi connectivity index (χ4v) is 2.05. The zero-order valence-corrected chi connectivity index (χ0v) is 18.7. The number of hydrogen-bond donors (Lipinski definition) is 1. The highest BCUT2D eigenvalue weighted by molar-refractivity contribution is 5.54. The van der Waals surface area contributed by atoms with Crippen LogP contribution in [-0.4, -0.2) is 39.9 Å². The van der Waals surface area contributed by atoms with E-state index in [2.05, 4.69) is 16.8 Å². The molecule has 0 radical (unpaired) electrons. The van der Waals surface area contributed by atoms with Crippen molar-refractivity contribution in [1.29, 1.82) is 0 Å². The molecule has 1 N–H and O–H groups in total. The maximum Gasteiger partial charge on any atom is 0.350 e. The van der Waals surface area contributed by atoms with Crippen LogP contribution >= 0.6 is 0 Å². The van der Waals surface area contributed by atoms with E-state index in [0.29, 0.717) is 0 Å². The van der Waals surface area contributed by atoms with Crippen LogP contribution in [0.1, 0.15) is 33.3 Å². The van der Waals surface area contributed by atoms with E-state index in [0.717, 1.165) is 0 Å². The maximum atomic E-state index is 11.5. The average Bonchev–Trinajstić information content (AvgIpc) is 2.80. The summed E-state index contributed by atoms with van der Waals surface area (Å²) in [5.41, 5.74) is -0.537. The predicted molar refractivity (Wildman–Crippen MR) is 117 cm³/mol. The van der Waals surface area contributed by atoms with Crippen LogP contribution in [0, 0.1) is 22.0 Å². The number of nitro benzene ring substituents is 1. The Bertz CT molecular complexity index is 946. The molecule has 0 aliphatic heterocycles. The van der Waals surface area contributed by atoms with Crippen LogP contribution in [0.2, 0.25) is 0 Å². The largest absolute Gasteiger partial charge is 0.493 e. The van der Waals surface area contributed by atoms with Gasteiger partial charge in [0.15, 0.2) is 11.5 Å². The van der Waals surface area contributed by atoms with Crippen molar-refractivity contribution in [3.8, 4) is 29.2 Å². The Morgan fingerprint density at radius 3 is 2.39 bits per heavy atom. The Balaban J connectivity index is 0.00000212. The van der Waals surface area contributed by atoms with Gasteiger partial charge in [-0.3, -0.25) is 10.1 Å². The van der Waals surface area contributed by atoms with Crippen molar-refractivity contribution in [2.45, 2.75) is 34.3 Å². The molecule has 0 aliphatic carbocycles. The molecule has 0 bridgehead atoms. The summed E-state index contributed by atoms with van der Waals surface area (Å²) in [6, 6.07) is 4.09. The van der Waals surface area contributed by atoms with E-state index in [1.54, 1.807) is 7.05 Å². The van der Waals surface area contributed by atoms with E-state index in [1.807, 2.05) is 27.7 Å². The monoisotopic (exact) mass is 435 g/mol. The van der Waals surface area contributed by atoms with E-state index < -0.39 is 10.6 Å². The van der Waals surface area contributed by atoms with Gasteiger partial charge in [0.1, 0.15) is 19.8 Å². The lowest BCUT2D eigenvalue weighted by molar-refractivity contribution is -0.385. The fourth-order valence-electron chi connectivity index (χ4n) is 2.05. The first kappa shape index (κ1) is 27.4. The quantitative estimate of drug-likeness (QED) is 0.400. The summed E-state index contributed by atoms with van der Waals surface area (Å²) in [4.78, 5) is 26.0. The molecule has 10 heteroatoms. The van der Waals surface area contributed by atoms with Crippen molar-refractivity contribution in [2.75, 3.05) is 20.3 Å². The highest BCUT2D eigenvalue weighted by Gasteiger charge is 2.20. The summed E-state index contributed by atoms with van der Waals surface area (Å²) in [5.74, 6) is 5.38. The lowest BCUT2D eigenvalue weighted by Gasteiger charge is -2.12. The van der Waals surface area contributed by atoms with E-state index in [1.165, 1.54) is 36.1 Å². The summed E-state index contributed by atoms with van der Waals surface area (Å²) in [6.07, 6.45) is 1.48. The Morgan fingerprint density at radius 1 is 1.16 bits per heavy atom. The average molecular weight is 435 g/mol. The van der Waals surface area contributed by atoms with Gasteiger partial charge >= 0.3 is 5.69 Å². The molecule has 0 fully saturated rings. The van der Waals surface area contributed by atoms with Gasteiger partial charge in [0.05, 0.1) is 23.7 Å².